The number of ether oxygens (including phenoxy) is 1. The summed E-state index contributed by atoms with van der Waals surface area (Å²) in [5.41, 5.74) is 12.9. The van der Waals surface area contributed by atoms with Crippen LogP contribution in [0.4, 0.5) is 5.82 Å². The van der Waals surface area contributed by atoms with Crippen molar-refractivity contribution in [1.82, 2.24) is 15.2 Å². The molecule has 0 spiro atoms. The molecule has 1 aliphatic heterocycles. The summed E-state index contributed by atoms with van der Waals surface area (Å²) in [6, 6.07) is 11.9. The highest BCUT2D eigenvalue weighted by Crippen LogP contribution is 2.25. The van der Waals surface area contributed by atoms with E-state index in [1.807, 2.05) is 43.3 Å². The average molecular weight is 397 g/mol. The van der Waals surface area contributed by atoms with Gasteiger partial charge in [-0.2, -0.15) is 0 Å². The maximum Gasteiger partial charge on any atom is 0.237 e. The third-order valence-electron chi connectivity index (χ3n) is 5.22. The minimum atomic E-state index is -0.551. The van der Waals surface area contributed by atoms with E-state index in [9.17, 15) is 9.59 Å². The van der Waals surface area contributed by atoms with Crippen LogP contribution >= 0.6 is 0 Å². The topological polar surface area (TPSA) is 124 Å². The molecule has 1 aromatic heterocycles. The Kier molecular flexibility index (Phi) is 6.33. The molecule has 8 nitrogen and oxygen atoms in total. The van der Waals surface area contributed by atoms with Crippen LogP contribution < -0.4 is 21.5 Å². The lowest BCUT2D eigenvalue weighted by Gasteiger charge is -2.27. The lowest BCUT2D eigenvalue weighted by molar-refractivity contribution is -0.129. The van der Waals surface area contributed by atoms with E-state index in [0.29, 0.717) is 25.3 Å². The monoisotopic (exact) mass is 397 g/mol. The standard InChI is InChI=1S/C21H27N5O3/c1-13-15(8-9-19(22)25-13)11-24-21(28)14(2)26-12-17(10-18(26)20(23)27)29-16-6-4-3-5-7-16/h3-9,14,17-18H,10-12H2,1-2H3,(H2,22,25)(H2,23,27)(H,24,28)/t14-,17?,18?/m0/s1. The van der Waals surface area contributed by atoms with Gasteiger partial charge in [0.1, 0.15) is 17.7 Å². The van der Waals surface area contributed by atoms with Crippen molar-refractivity contribution in [2.75, 3.05) is 12.3 Å². The average Bonchev–Trinajstić information content (AvgIpc) is 3.11. The van der Waals surface area contributed by atoms with Crippen molar-refractivity contribution in [3.63, 3.8) is 0 Å². The van der Waals surface area contributed by atoms with Gasteiger partial charge in [-0.3, -0.25) is 14.5 Å². The number of hydrogen-bond acceptors (Lipinski definition) is 6. The Bertz CT molecular complexity index is 874. The van der Waals surface area contributed by atoms with E-state index < -0.39 is 18.0 Å². The number of rotatable bonds is 7. The van der Waals surface area contributed by atoms with E-state index in [4.69, 9.17) is 16.2 Å². The second-order valence-corrected chi connectivity index (χ2v) is 7.28. The number of amides is 2. The number of nitrogens with two attached hydrogens (primary N) is 2. The normalized spacial score (nSPS) is 20.2. The fourth-order valence-corrected chi connectivity index (χ4v) is 3.58. The quantitative estimate of drug-likeness (QED) is 0.640. The number of likely N-dealkylation sites (tertiary alicyclic amines) is 1. The largest absolute Gasteiger partial charge is 0.489 e. The number of para-hydroxylation sites is 1. The number of nitrogens with one attached hydrogen (secondary N) is 1. The van der Waals surface area contributed by atoms with Crippen LogP contribution in [0.1, 0.15) is 24.6 Å². The molecule has 1 fully saturated rings. The van der Waals surface area contributed by atoms with E-state index in [1.165, 1.54) is 0 Å². The predicted molar refractivity (Wildman–Crippen MR) is 110 cm³/mol. The molecule has 29 heavy (non-hydrogen) atoms. The van der Waals surface area contributed by atoms with Crippen molar-refractivity contribution in [2.45, 2.75) is 45.0 Å². The van der Waals surface area contributed by atoms with Crippen LogP contribution in [0.3, 0.4) is 0 Å². The number of carbonyl (C=O) groups is 2. The van der Waals surface area contributed by atoms with E-state index in [2.05, 4.69) is 10.3 Å². The smallest absolute Gasteiger partial charge is 0.237 e. The molecule has 1 aromatic carbocycles. The van der Waals surface area contributed by atoms with Crippen molar-refractivity contribution in [3.05, 3.63) is 53.7 Å². The first-order chi connectivity index (χ1) is 13.8. The van der Waals surface area contributed by atoms with Crippen LogP contribution in [0, 0.1) is 6.92 Å². The summed E-state index contributed by atoms with van der Waals surface area (Å²) < 4.78 is 5.97. The molecule has 3 rings (SSSR count). The fourth-order valence-electron chi connectivity index (χ4n) is 3.58. The van der Waals surface area contributed by atoms with E-state index in [0.717, 1.165) is 17.0 Å². The summed E-state index contributed by atoms with van der Waals surface area (Å²) in [6.07, 6.45) is 0.233. The zero-order valence-corrected chi connectivity index (χ0v) is 16.7. The molecule has 2 unspecified atom stereocenters. The van der Waals surface area contributed by atoms with Crippen LogP contribution in [0.5, 0.6) is 5.75 Å². The summed E-state index contributed by atoms with van der Waals surface area (Å²) in [7, 11) is 0. The molecular formula is C21H27N5O3. The van der Waals surface area contributed by atoms with Gasteiger partial charge < -0.3 is 21.5 Å². The molecule has 0 radical (unpaired) electrons. The Morgan fingerprint density at radius 3 is 2.66 bits per heavy atom. The van der Waals surface area contributed by atoms with Gasteiger partial charge in [0.25, 0.3) is 0 Å². The van der Waals surface area contributed by atoms with E-state index in [-0.39, 0.29) is 12.0 Å². The van der Waals surface area contributed by atoms with Crippen LogP contribution in [0.15, 0.2) is 42.5 Å². The second-order valence-electron chi connectivity index (χ2n) is 7.28. The van der Waals surface area contributed by atoms with E-state index >= 15 is 0 Å². The molecule has 2 heterocycles. The Hall–Kier alpha value is -3.13. The lowest BCUT2D eigenvalue weighted by Crippen LogP contribution is -2.51. The fraction of sp³-hybridized carbons (Fsp3) is 0.381. The number of aromatic nitrogens is 1. The van der Waals surface area contributed by atoms with Crippen molar-refractivity contribution in [3.8, 4) is 5.75 Å². The van der Waals surface area contributed by atoms with Crippen LogP contribution in [-0.2, 0) is 16.1 Å². The Morgan fingerprint density at radius 1 is 1.28 bits per heavy atom. The van der Waals surface area contributed by atoms with Crippen molar-refractivity contribution < 1.29 is 14.3 Å². The van der Waals surface area contributed by atoms with Gasteiger partial charge in [-0.05, 0) is 37.6 Å². The summed E-state index contributed by atoms with van der Waals surface area (Å²) in [4.78, 5) is 30.7. The van der Waals surface area contributed by atoms with Crippen LogP contribution in [0.2, 0.25) is 0 Å². The first-order valence-corrected chi connectivity index (χ1v) is 9.61. The predicted octanol–water partition coefficient (Wildman–Crippen LogP) is 0.984. The molecule has 0 aliphatic carbocycles. The van der Waals surface area contributed by atoms with Gasteiger partial charge in [-0.15, -0.1) is 0 Å². The van der Waals surface area contributed by atoms with Crippen molar-refractivity contribution in [2.24, 2.45) is 5.73 Å². The summed E-state index contributed by atoms with van der Waals surface area (Å²) in [5.74, 6) is 0.526. The maximum atomic E-state index is 12.7. The number of nitrogens with zero attached hydrogens (tertiary/aromatic N) is 2. The SMILES string of the molecule is Cc1nc(N)ccc1CNC(=O)[C@H](C)N1CC(Oc2ccccc2)CC1C(N)=O. The molecule has 0 bridgehead atoms. The van der Waals surface area contributed by atoms with Crippen molar-refractivity contribution in [1.29, 1.82) is 0 Å². The molecule has 5 N–H and O–H groups in total. The van der Waals surface area contributed by atoms with Gasteiger partial charge in [-0.1, -0.05) is 24.3 Å². The number of nitrogen functional groups attached to an aromatic ring is 1. The second kappa shape index (κ2) is 8.91. The molecular weight excluding hydrogens is 370 g/mol. The number of anilines is 1. The zero-order chi connectivity index (χ0) is 21.0. The van der Waals surface area contributed by atoms with Gasteiger partial charge in [0, 0.05) is 25.2 Å². The number of pyridine rings is 1. The molecule has 8 heteroatoms. The number of primary amides is 1. The highest BCUT2D eigenvalue weighted by atomic mass is 16.5. The highest BCUT2D eigenvalue weighted by Gasteiger charge is 2.41. The summed E-state index contributed by atoms with van der Waals surface area (Å²) in [6.45, 7) is 4.39. The first kappa shape index (κ1) is 20.6. The molecule has 3 atom stereocenters. The van der Waals surface area contributed by atoms with Gasteiger partial charge >= 0.3 is 0 Å². The maximum absolute atomic E-state index is 12.7. The van der Waals surface area contributed by atoms with Crippen molar-refractivity contribution >= 4 is 17.6 Å². The third-order valence-corrected chi connectivity index (χ3v) is 5.22. The van der Waals surface area contributed by atoms with Crippen LogP contribution in [-0.4, -0.2) is 46.4 Å². The summed E-state index contributed by atoms with van der Waals surface area (Å²) >= 11 is 0. The van der Waals surface area contributed by atoms with Crippen LogP contribution in [0.25, 0.3) is 0 Å². The molecule has 0 saturated carbocycles. The van der Waals surface area contributed by atoms with Gasteiger partial charge in [0.15, 0.2) is 0 Å². The third kappa shape index (κ3) is 5.03. The number of aryl methyl sites for hydroxylation is 1. The minimum absolute atomic E-state index is 0.187. The molecule has 1 saturated heterocycles. The van der Waals surface area contributed by atoms with Gasteiger partial charge in [0.2, 0.25) is 11.8 Å². The van der Waals surface area contributed by atoms with Gasteiger partial charge in [0.05, 0.1) is 12.1 Å². The molecule has 1 aliphatic rings. The van der Waals surface area contributed by atoms with E-state index in [1.54, 1.807) is 17.9 Å². The first-order valence-electron chi connectivity index (χ1n) is 9.61. The Labute approximate surface area is 170 Å². The Balaban J connectivity index is 1.63. The minimum Gasteiger partial charge on any atom is -0.489 e. The Morgan fingerprint density at radius 2 is 2.00 bits per heavy atom. The molecule has 154 valence electrons. The number of hydrogen-bond donors (Lipinski definition) is 3. The molecule has 2 amide bonds. The highest BCUT2D eigenvalue weighted by molar-refractivity contribution is 5.84. The zero-order valence-electron chi connectivity index (χ0n) is 16.7. The lowest BCUT2D eigenvalue weighted by atomic mass is 10.1. The summed E-state index contributed by atoms with van der Waals surface area (Å²) in [5, 5.41) is 2.91. The molecule has 2 aromatic rings. The number of carbonyl (C=O) groups excluding carboxylic acids is 2. The van der Waals surface area contributed by atoms with Gasteiger partial charge in [-0.25, -0.2) is 4.98 Å². The number of benzene rings is 1.